The minimum atomic E-state index is 0.238. The van der Waals surface area contributed by atoms with E-state index in [-0.39, 0.29) is 6.10 Å². The Balaban J connectivity index is 1.43. The van der Waals surface area contributed by atoms with Crippen LogP contribution in [0.15, 0.2) is 28.8 Å². The number of nitrogens with zero attached hydrogens (tertiary/aromatic N) is 3. The van der Waals surface area contributed by atoms with Gasteiger partial charge in [0.2, 0.25) is 0 Å². The first kappa shape index (κ1) is 16.0. The SMILES string of the molecule is COc1ccccc1CC(C)N1CC(OCc2nc(C)no2)C1. The molecule has 0 aliphatic carbocycles. The van der Waals surface area contributed by atoms with Crippen LogP contribution in [0.5, 0.6) is 5.75 Å². The van der Waals surface area contributed by atoms with Crippen molar-refractivity contribution in [3.05, 3.63) is 41.5 Å². The molecule has 6 heteroatoms. The van der Waals surface area contributed by atoms with Crippen molar-refractivity contribution in [2.45, 2.75) is 39.0 Å². The summed E-state index contributed by atoms with van der Waals surface area (Å²) < 4.78 is 16.3. The van der Waals surface area contributed by atoms with E-state index in [0.29, 0.717) is 24.4 Å². The lowest BCUT2D eigenvalue weighted by molar-refractivity contribution is -0.0820. The topological polar surface area (TPSA) is 60.6 Å². The van der Waals surface area contributed by atoms with Crippen LogP contribution in [0.3, 0.4) is 0 Å². The van der Waals surface area contributed by atoms with Crippen LogP contribution in [0.25, 0.3) is 0 Å². The van der Waals surface area contributed by atoms with Crippen molar-refractivity contribution in [3.63, 3.8) is 0 Å². The summed E-state index contributed by atoms with van der Waals surface area (Å²) >= 11 is 0. The van der Waals surface area contributed by atoms with Gasteiger partial charge in [0.05, 0.1) is 13.2 Å². The molecule has 1 aromatic carbocycles. The highest BCUT2D eigenvalue weighted by molar-refractivity contribution is 5.33. The van der Waals surface area contributed by atoms with Crippen molar-refractivity contribution < 1.29 is 14.0 Å². The van der Waals surface area contributed by atoms with E-state index in [4.69, 9.17) is 14.0 Å². The van der Waals surface area contributed by atoms with Gasteiger partial charge in [-0.3, -0.25) is 4.90 Å². The largest absolute Gasteiger partial charge is 0.496 e. The van der Waals surface area contributed by atoms with Crippen LogP contribution in [-0.2, 0) is 17.8 Å². The van der Waals surface area contributed by atoms with Gasteiger partial charge in [-0.2, -0.15) is 4.98 Å². The zero-order valence-corrected chi connectivity index (χ0v) is 13.9. The molecule has 1 aliphatic rings. The van der Waals surface area contributed by atoms with Crippen LogP contribution in [0.2, 0.25) is 0 Å². The molecule has 2 heterocycles. The van der Waals surface area contributed by atoms with Crippen molar-refractivity contribution in [2.75, 3.05) is 20.2 Å². The average Bonchev–Trinajstić information content (AvgIpc) is 2.91. The Bertz CT molecular complexity index is 638. The van der Waals surface area contributed by atoms with Crippen LogP contribution in [0.1, 0.15) is 24.2 Å². The molecule has 1 aromatic heterocycles. The predicted octanol–water partition coefficient (Wildman–Crippen LogP) is 2.22. The molecule has 124 valence electrons. The van der Waals surface area contributed by atoms with Gasteiger partial charge in [-0.1, -0.05) is 23.4 Å². The van der Waals surface area contributed by atoms with Crippen molar-refractivity contribution in [2.24, 2.45) is 0 Å². The van der Waals surface area contributed by atoms with Gasteiger partial charge < -0.3 is 14.0 Å². The number of para-hydroxylation sites is 1. The lowest BCUT2D eigenvalue weighted by Crippen LogP contribution is -2.56. The highest BCUT2D eigenvalue weighted by atomic mass is 16.5. The Kier molecular flexibility index (Phi) is 4.93. The molecule has 23 heavy (non-hydrogen) atoms. The average molecular weight is 317 g/mol. The van der Waals surface area contributed by atoms with E-state index in [1.807, 2.05) is 12.1 Å². The first-order chi connectivity index (χ1) is 11.2. The fourth-order valence-corrected chi connectivity index (χ4v) is 2.84. The summed E-state index contributed by atoms with van der Waals surface area (Å²) in [5.74, 6) is 2.15. The molecule has 3 rings (SSSR count). The summed E-state index contributed by atoms with van der Waals surface area (Å²) in [7, 11) is 1.72. The third-order valence-electron chi connectivity index (χ3n) is 4.22. The van der Waals surface area contributed by atoms with E-state index < -0.39 is 0 Å². The summed E-state index contributed by atoms with van der Waals surface area (Å²) in [5, 5.41) is 3.76. The Morgan fingerprint density at radius 1 is 1.35 bits per heavy atom. The fraction of sp³-hybridized carbons (Fsp3) is 0.529. The van der Waals surface area contributed by atoms with Gasteiger partial charge in [0.15, 0.2) is 5.82 Å². The minimum absolute atomic E-state index is 0.238. The van der Waals surface area contributed by atoms with Crippen LogP contribution in [0, 0.1) is 6.92 Å². The van der Waals surface area contributed by atoms with Crippen molar-refractivity contribution in [3.8, 4) is 5.75 Å². The van der Waals surface area contributed by atoms with E-state index in [0.717, 1.165) is 25.3 Å². The van der Waals surface area contributed by atoms with Crippen molar-refractivity contribution >= 4 is 0 Å². The molecule has 1 atom stereocenters. The maximum Gasteiger partial charge on any atom is 0.252 e. The van der Waals surface area contributed by atoms with Gasteiger partial charge in [-0.25, -0.2) is 0 Å². The predicted molar refractivity (Wildman–Crippen MR) is 85.3 cm³/mol. The normalized spacial score (nSPS) is 17.0. The number of likely N-dealkylation sites (tertiary alicyclic amines) is 1. The second-order valence-electron chi connectivity index (χ2n) is 5.99. The second-order valence-corrected chi connectivity index (χ2v) is 5.99. The number of hydrogen-bond donors (Lipinski definition) is 0. The molecule has 0 bridgehead atoms. The molecule has 2 aromatic rings. The van der Waals surface area contributed by atoms with Crippen molar-refractivity contribution in [1.29, 1.82) is 0 Å². The molecule has 1 fully saturated rings. The molecular formula is C17H23N3O3. The summed E-state index contributed by atoms with van der Waals surface area (Å²) in [6, 6.07) is 8.65. The highest BCUT2D eigenvalue weighted by Gasteiger charge is 2.31. The van der Waals surface area contributed by atoms with E-state index in [1.54, 1.807) is 14.0 Å². The molecule has 6 nitrogen and oxygen atoms in total. The number of hydrogen-bond acceptors (Lipinski definition) is 6. The minimum Gasteiger partial charge on any atom is -0.496 e. The maximum atomic E-state index is 5.79. The molecule has 1 unspecified atom stereocenters. The molecule has 1 aliphatic heterocycles. The van der Waals surface area contributed by atoms with Gasteiger partial charge >= 0.3 is 0 Å². The number of rotatable bonds is 7. The molecular weight excluding hydrogens is 294 g/mol. The highest BCUT2D eigenvalue weighted by Crippen LogP contribution is 2.23. The third-order valence-corrected chi connectivity index (χ3v) is 4.22. The van der Waals surface area contributed by atoms with Gasteiger partial charge in [0.1, 0.15) is 12.4 Å². The quantitative estimate of drug-likeness (QED) is 0.780. The maximum absolute atomic E-state index is 5.79. The van der Waals surface area contributed by atoms with E-state index >= 15 is 0 Å². The van der Waals surface area contributed by atoms with E-state index in [9.17, 15) is 0 Å². The van der Waals surface area contributed by atoms with Crippen LogP contribution in [-0.4, -0.2) is 47.4 Å². The number of aromatic nitrogens is 2. The van der Waals surface area contributed by atoms with Gasteiger partial charge in [0.25, 0.3) is 5.89 Å². The second kappa shape index (κ2) is 7.10. The van der Waals surface area contributed by atoms with Crippen LogP contribution < -0.4 is 4.74 Å². The Morgan fingerprint density at radius 2 is 2.13 bits per heavy atom. The molecule has 1 saturated heterocycles. The Hall–Kier alpha value is -1.92. The number of ether oxygens (including phenoxy) is 2. The zero-order chi connectivity index (χ0) is 16.2. The molecule has 0 spiro atoms. The van der Waals surface area contributed by atoms with E-state index in [1.165, 1.54) is 5.56 Å². The molecule has 0 N–H and O–H groups in total. The summed E-state index contributed by atoms with van der Waals surface area (Å²) in [6.45, 7) is 6.30. The fourth-order valence-electron chi connectivity index (χ4n) is 2.84. The monoisotopic (exact) mass is 317 g/mol. The first-order valence-corrected chi connectivity index (χ1v) is 7.92. The van der Waals surface area contributed by atoms with Crippen molar-refractivity contribution in [1.82, 2.24) is 15.0 Å². The standard InChI is InChI=1S/C17H23N3O3/c1-12(8-14-6-4-5-7-16(14)21-3)20-9-15(10-20)22-11-17-18-13(2)19-23-17/h4-7,12,15H,8-11H2,1-3H3. The van der Waals surface area contributed by atoms with Gasteiger partial charge in [-0.05, 0) is 31.9 Å². The third kappa shape index (κ3) is 3.89. The molecule has 0 amide bonds. The zero-order valence-electron chi connectivity index (χ0n) is 13.9. The Morgan fingerprint density at radius 3 is 2.83 bits per heavy atom. The van der Waals surface area contributed by atoms with Gasteiger partial charge in [-0.15, -0.1) is 0 Å². The lowest BCUT2D eigenvalue weighted by atomic mass is 10.0. The van der Waals surface area contributed by atoms with E-state index in [2.05, 4.69) is 34.1 Å². The summed E-state index contributed by atoms with van der Waals surface area (Å²) in [4.78, 5) is 6.55. The number of methoxy groups -OCH3 is 1. The van der Waals surface area contributed by atoms with Crippen LogP contribution >= 0.6 is 0 Å². The smallest absolute Gasteiger partial charge is 0.252 e. The molecule has 0 radical (unpaired) electrons. The number of aryl methyl sites for hydroxylation is 1. The number of benzene rings is 1. The molecule has 0 saturated carbocycles. The van der Waals surface area contributed by atoms with Crippen LogP contribution in [0.4, 0.5) is 0 Å². The van der Waals surface area contributed by atoms with Gasteiger partial charge in [0, 0.05) is 19.1 Å². The summed E-state index contributed by atoms with van der Waals surface area (Å²) in [5.41, 5.74) is 1.24. The lowest BCUT2D eigenvalue weighted by Gasteiger charge is -2.42. The Labute approximate surface area is 136 Å². The summed E-state index contributed by atoms with van der Waals surface area (Å²) in [6.07, 6.45) is 1.21. The first-order valence-electron chi connectivity index (χ1n) is 7.92.